The Kier molecular flexibility index (Phi) is 4.55. The van der Waals surface area contributed by atoms with Crippen LogP contribution in [0, 0.1) is 0 Å². The van der Waals surface area contributed by atoms with Crippen LogP contribution in [0.1, 0.15) is 37.3 Å². The third kappa shape index (κ3) is 3.36. The Hall–Kier alpha value is -1.18. The third-order valence-corrected chi connectivity index (χ3v) is 4.90. The van der Waals surface area contributed by atoms with Gasteiger partial charge in [0.05, 0.1) is 21.3 Å². The maximum atomic E-state index is 11.5. The van der Waals surface area contributed by atoms with E-state index in [1.807, 2.05) is 13.8 Å². The minimum absolute atomic E-state index is 0.108. The molecule has 0 saturated heterocycles. The molecule has 0 radical (unpaired) electrons. The Morgan fingerprint density at radius 3 is 2.29 bits per heavy atom. The molecule has 0 aliphatic carbocycles. The second-order valence-corrected chi connectivity index (χ2v) is 8.03. The molecule has 5 nitrogen and oxygen atoms in total. The molecule has 1 atom stereocenters. The van der Waals surface area contributed by atoms with E-state index in [1.165, 1.54) is 12.1 Å². The fraction of sp³-hybridized carbons (Fsp3) is 0.357. The minimum Gasteiger partial charge on any atom is -0.382 e. The molecule has 7 heteroatoms. The number of rotatable bonds is 4. The van der Waals surface area contributed by atoms with E-state index < -0.39 is 15.9 Å². The van der Waals surface area contributed by atoms with E-state index >= 15 is 0 Å². The molecule has 0 fully saturated rings. The number of aliphatic hydroxyl groups excluding tert-OH is 1. The normalized spacial score (nSPS) is 13.6. The molecule has 0 saturated carbocycles. The molecule has 21 heavy (non-hydrogen) atoms. The molecule has 1 unspecified atom stereocenters. The summed E-state index contributed by atoms with van der Waals surface area (Å²) in [5, 5.41) is 14.8. The zero-order valence-electron chi connectivity index (χ0n) is 12.0. The number of sulfone groups is 1. The number of aliphatic hydroxyl groups is 1. The van der Waals surface area contributed by atoms with E-state index in [-0.39, 0.29) is 10.9 Å². The predicted octanol–water partition coefficient (Wildman–Crippen LogP) is 2.71. The largest absolute Gasteiger partial charge is 0.382 e. The van der Waals surface area contributed by atoms with Gasteiger partial charge in [-0.15, -0.1) is 0 Å². The maximum absolute atomic E-state index is 11.5. The molecule has 0 aliphatic rings. The summed E-state index contributed by atoms with van der Waals surface area (Å²) in [5.41, 5.74) is 1.27. The highest BCUT2D eigenvalue weighted by molar-refractivity contribution is 9.10. The summed E-state index contributed by atoms with van der Waals surface area (Å²) in [6.45, 7) is 3.95. The van der Waals surface area contributed by atoms with Crippen molar-refractivity contribution in [2.45, 2.75) is 30.9 Å². The highest BCUT2D eigenvalue weighted by Gasteiger charge is 2.21. The van der Waals surface area contributed by atoms with E-state index in [2.05, 4.69) is 21.0 Å². The molecule has 1 heterocycles. The fourth-order valence-corrected chi connectivity index (χ4v) is 3.19. The Bertz CT molecular complexity index is 736. The lowest BCUT2D eigenvalue weighted by Crippen LogP contribution is -2.12. The topological polar surface area (TPSA) is 72.2 Å². The lowest BCUT2D eigenvalue weighted by atomic mass is 10.1. The number of benzene rings is 1. The van der Waals surface area contributed by atoms with Crippen molar-refractivity contribution in [2.75, 3.05) is 6.26 Å². The van der Waals surface area contributed by atoms with Crippen LogP contribution in [-0.2, 0) is 9.84 Å². The van der Waals surface area contributed by atoms with Crippen molar-refractivity contribution in [3.05, 3.63) is 46.2 Å². The minimum atomic E-state index is -3.24. The van der Waals surface area contributed by atoms with Gasteiger partial charge in [-0.3, -0.25) is 4.68 Å². The van der Waals surface area contributed by atoms with Gasteiger partial charge in [0, 0.05) is 12.3 Å². The number of aromatic nitrogens is 2. The first-order valence-corrected chi connectivity index (χ1v) is 9.11. The molecule has 0 bridgehead atoms. The van der Waals surface area contributed by atoms with Crippen LogP contribution in [0.4, 0.5) is 0 Å². The highest BCUT2D eigenvalue weighted by atomic mass is 79.9. The lowest BCUT2D eigenvalue weighted by molar-refractivity contribution is 0.204. The maximum Gasteiger partial charge on any atom is 0.175 e. The van der Waals surface area contributed by atoms with E-state index in [1.54, 1.807) is 23.0 Å². The van der Waals surface area contributed by atoms with Crippen molar-refractivity contribution in [1.29, 1.82) is 0 Å². The van der Waals surface area contributed by atoms with Gasteiger partial charge in [-0.05, 0) is 47.5 Å². The summed E-state index contributed by atoms with van der Waals surface area (Å²) in [6.07, 6.45) is 1.92. The predicted molar refractivity (Wildman–Crippen MR) is 83.9 cm³/mol. The number of halogens is 1. The van der Waals surface area contributed by atoms with Gasteiger partial charge >= 0.3 is 0 Å². The molecular formula is C14H17BrN2O3S. The number of hydrogen-bond donors (Lipinski definition) is 1. The SMILES string of the molecule is CC(C)n1ncc(Br)c1C(O)c1ccc(S(C)(=O)=O)cc1. The molecule has 2 aromatic rings. The third-order valence-electron chi connectivity index (χ3n) is 3.16. The number of nitrogens with zero attached hydrogens (tertiary/aromatic N) is 2. The average molecular weight is 373 g/mol. The molecule has 114 valence electrons. The fourth-order valence-electron chi connectivity index (χ4n) is 2.07. The average Bonchev–Trinajstić information content (AvgIpc) is 2.79. The zero-order chi connectivity index (χ0) is 15.8. The van der Waals surface area contributed by atoms with Gasteiger partial charge in [0.2, 0.25) is 0 Å². The van der Waals surface area contributed by atoms with E-state index in [0.717, 1.165) is 10.7 Å². The molecule has 1 N–H and O–H groups in total. The van der Waals surface area contributed by atoms with Gasteiger partial charge in [-0.25, -0.2) is 8.42 Å². The van der Waals surface area contributed by atoms with Crippen molar-refractivity contribution in [1.82, 2.24) is 9.78 Å². The van der Waals surface area contributed by atoms with Crippen molar-refractivity contribution < 1.29 is 13.5 Å². The first kappa shape index (κ1) is 16.2. The standard InChI is InChI=1S/C14H17BrN2O3S/c1-9(2)17-13(12(15)8-16-17)14(18)10-4-6-11(7-5-10)21(3,19)20/h4-9,14,18H,1-3H3. The second kappa shape index (κ2) is 5.90. The summed E-state index contributed by atoms with van der Waals surface area (Å²) in [4.78, 5) is 0.231. The number of hydrogen-bond acceptors (Lipinski definition) is 4. The molecule has 0 spiro atoms. The van der Waals surface area contributed by atoms with Gasteiger partial charge in [0.25, 0.3) is 0 Å². The van der Waals surface area contributed by atoms with E-state index in [4.69, 9.17) is 0 Å². The summed E-state index contributed by atoms with van der Waals surface area (Å²) in [6, 6.07) is 6.34. The van der Waals surface area contributed by atoms with Crippen LogP contribution in [0.3, 0.4) is 0 Å². The summed E-state index contributed by atoms with van der Waals surface area (Å²) in [7, 11) is -3.24. The Morgan fingerprint density at radius 2 is 1.81 bits per heavy atom. The first-order valence-electron chi connectivity index (χ1n) is 6.42. The molecule has 1 aromatic carbocycles. The van der Waals surface area contributed by atoms with Crippen molar-refractivity contribution in [2.24, 2.45) is 0 Å². The van der Waals surface area contributed by atoms with Crippen molar-refractivity contribution in [3.8, 4) is 0 Å². The van der Waals surface area contributed by atoms with Crippen molar-refractivity contribution >= 4 is 25.8 Å². The Balaban J connectivity index is 2.41. The zero-order valence-corrected chi connectivity index (χ0v) is 14.4. The molecule has 0 amide bonds. The van der Waals surface area contributed by atoms with Crippen LogP contribution in [0.25, 0.3) is 0 Å². The Morgan fingerprint density at radius 1 is 1.24 bits per heavy atom. The first-order chi connectivity index (χ1) is 9.71. The smallest absolute Gasteiger partial charge is 0.175 e. The molecule has 1 aromatic heterocycles. The van der Waals surface area contributed by atoms with Crippen LogP contribution in [0.15, 0.2) is 39.8 Å². The van der Waals surface area contributed by atoms with Gasteiger partial charge in [-0.2, -0.15) is 5.10 Å². The Labute approximate surface area is 132 Å². The summed E-state index contributed by atoms with van der Waals surface area (Å²) >= 11 is 3.39. The van der Waals surface area contributed by atoms with E-state index in [9.17, 15) is 13.5 Å². The van der Waals surface area contributed by atoms with Crippen LogP contribution in [0.2, 0.25) is 0 Å². The van der Waals surface area contributed by atoms with Crippen LogP contribution in [0.5, 0.6) is 0 Å². The van der Waals surface area contributed by atoms with E-state index in [0.29, 0.717) is 11.3 Å². The van der Waals surface area contributed by atoms with Crippen molar-refractivity contribution in [3.63, 3.8) is 0 Å². The highest BCUT2D eigenvalue weighted by Crippen LogP contribution is 2.30. The summed E-state index contributed by atoms with van der Waals surface area (Å²) < 4.78 is 25.4. The van der Waals surface area contributed by atoms with Gasteiger partial charge < -0.3 is 5.11 Å². The van der Waals surface area contributed by atoms with Gasteiger partial charge in [0.15, 0.2) is 9.84 Å². The molecule has 0 aliphatic heterocycles. The molecule has 2 rings (SSSR count). The molecular weight excluding hydrogens is 356 g/mol. The summed E-state index contributed by atoms with van der Waals surface area (Å²) in [5.74, 6) is 0. The van der Waals surface area contributed by atoms with Crippen LogP contribution >= 0.6 is 15.9 Å². The monoisotopic (exact) mass is 372 g/mol. The quantitative estimate of drug-likeness (QED) is 0.895. The van der Waals surface area contributed by atoms with Crippen LogP contribution in [-0.4, -0.2) is 29.6 Å². The van der Waals surface area contributed by atoms with Gasteiger partial charge in [-0.1, -0.05) is 12.1 Å². The second-order valence-electron chi connectivity index (χ2n) is 5.16. The lowest BCUT2D eigenvalue weighted by Gasteiger charge is -2.17. The van der Waals surface area contributed by atoms with Crippen LogP contribution < -0.4 is 0 Å². The van der Waals surface area contributed by atoms with Gasteiger partial charge in [0.1, 0.15) is 6.10 Å².